The van der Waals surface area contributed by atoms with E-state index in [2.05, 4.69) is 19.1 Å². The number of aryl methyl sites for hydroxylation is 1. The topological polar surface area (TPSA) is 23.8 Å². The lowest BCUT2D eigenvalue weighted by Gasteiger charge is -2.26. The van der Waals surface area contributed by atoms with Crippen molar-refractivity contribution >= 4 is 0 Å². The van der Waals surface area contributed by atoms with Crippen molar-refractivity contribution < 1.29 is 8.78 Å². The molecule has 3 rings (SSSR count). The Kier molecular flexibility index (Phi) is 4.43. The Morgan fingerprint density at radius 1 is 1.13 bits per heavy atom. The summed E-state index contributed by atoms with van der Waals surface area (Å²) >= 11 is 0. The first kappa shape index (κ1) is 15.7. The van der Waals surface area contributed by atoms with Crippen LogP contribution < -0.4 is 0 Å². The minimum atomic E-state index is -0.802. The zero-order valence-electron chi connectivity index (χ0n) is 13.2. The number of rotatable bonds is 3. The summed E-state index contributed by atoms with van der Waals surface area (Å²) in [5.41, 5.74) is 3.45. The molecular formula is C20H19F2N. The summed E-state index contributed by atoms with van der Waals surface area (Å²) in [5, 5.41) is 8.77. The Hall–Kier alpha value is -2.21. The van der Waals surface area contributed by atoms with Crippen molar-refractivity contribution in [2.75, 3.05) is 0 Å². The average molecular weight is 311 g/mol. The molecule has 0 N–H and O–H groups in total. The van der Waals surface area contributed by atoms with E-state index in [0.29, 0.717) is 11.5 Å². The van der Waals surface area contributed by atoms with Gasteiger partial charge >= 0.3 is 0 Å². The maximum atomic E-state index is 13.8. The SMILES string of the molecule is CCCC1CCCc2cc(-c3cc(F)c(C#N)c(F)c3)ccc21. The molecule has 0 saturated heterocycles. The fourth-order valence-corrected chi connectivity index (χ4v) is 3.59. The fraction of sp³-hybridized carbons (Fsp3) is 0.350. The Balaban J connectivity index is 2.01. The molecule has 1 nitrogen and oxygen atoms in total. The molecule has 0 aliphatic heterocycles. The number of nitrogens with zero attached hydrogens (tertiary/aromatic N) is 1. The average Bonchev–Trinajstić information content (AvgIpc) is 2.54. The summed E-state index contributed by atoms with van der Waals surface area (Å²) in [6.45, 7) is 2.20. The highest BCUT2D eigenvalue weighted by Gasteiger charge is 2.20. The summed E-state index contributed by atoms with van der Waals surface area (Å²) in [7, 11) is 0. The van der Waals surface area contributed by atoms with Gasteiger partial charge in [0.1, 0.15) is 23.3 Å². The van der Waals surface area contributed by atoms with Gasteiger partial charge in [0.15, 0.2) is 0 Å². The number of benzene rings is 2. The molecule has 23 heavy (non-hydrogen) atoms. The molecule has 1 aliphatic carbocycles. The molecule has 0 heterocycles. The molecule has 118 valence electrons. The van der Waals surface area contributed by atoms with E-state index < -0.39 is 17.2 Å². The highest BCUT2D eigenvalue weighted by atomic mass is 19.1. The molecule has 0 saturated carbocycles. The maximum absolute atomic E-state index is 13.8. The molecule has 2 aromatic rings. The Morgan fingerprint density at radius 2 is 1.87 bits per heavy atom. The van der Waals surface area contributed by atoms with E-state index in [0.717, 1.165) is 24.8 Å². The van der Waals surface area contributed by atoms with Crippen molar-refractivity contribution in [1.29, 1.82) is 5.26 Å². The molecule has 2 aromatic carbocycles. The highest BCUT2D eigenvalue weighted by Crippen LogP contribution is 2.37. The van der Waals surface area contributed by atoms with Crippen molar-refractivity contribution in [2.24, 2.45) is 0 Å². The smallest absolute Gasteiger partial charge is 0.144 e. The van der Waals surface area contributed by atoms with Gasteiger partial charge in [-0.2, -0.15) is 5.26 Å². The van der Waals surface area contributed by atoms with Crippen LogP contribution in [0.5, 0.6) is 0 Å². The summed E-state index contributed by atoms with van der Waals surface area (Å²) < 4.78 is 27.7. The van der Waals surface area contributed by atoms with E-state index >= 15 is 0 Å². The minimum Gasteiger partial charge on any atom is -0.205 e. The molecule has 0 aromatic heterocycles. The van der Waals surface area contributed by atoms with E-state index in [4.69, 9.17) is 5.26 Å². The van der Waals surface area contributed by atoms with Crippen LogP contribution >= 0.6 is 0 Å². The predicted octanol–water partition coefficient (Wildman–Crippen LogP) is 5.72. The molecule has 0 radical (unpaired) electrons. The van der Waals surface area contributed by atoms with Gasteiger partial charge in [-0.15, -0.1) is 0 Å². The van der Waals surface area contributed by atoms with Gasteiger partial charge in [0.25, 0.3) is 0 Å². The first-order chi connectivity index (χ1) is 11.1. The Morgan fingerprint density at radius 3 is 2.52 bits per heavy atom. The second-order valence-corrected chi connectivity index (χ2v) is 6.22. The second kappa shape index (κ2) is 6.50. The number of halogens is 2. The Labute approximate surface area is 135 Å². The second-order valence-electron chi connectivity index (χ2n) is 6.22. The van der Waals surface area contributed by atoms with Crippen LogP contribution in [0.3, 0.4) is 0 Å². The fourth-order valence-electron chi connectivity index (χ4n) is 3.59. The van der Waals surface area contributed by atoms with Gasteiger partial charge in [-0.05, 0) is 66.0 Å². The summed E-state index contributed by atoms with van der Waals surface area (Å²) in [6, 6.07) is 10.2. The van der Waals surface area contributed by atoms with E-state index in [1.165, 1.54) is 36.1 Å². The van der Waals surface area contributed by atoms with E-state index in [1.807, 2.05) is 6.07 Å². The van der Waals surface area contributed by atoms with E-state index in [1.54, 1.807) is 6.07 Å². The van der Waals surface area contributed by atoms with Gasteiger partial charge in [-0.1, -0.05) is 31.5 Å². The predicted molar refractivity (Wildman–Crippen MR) is 87.1 cm³/mol. The minimum absolute atomic E-state index is 0.486. The lowest BCUT2D eigenvalue weighted by Crippen LogP contribution is -2.09. The zero-order valence-corrected chi connectivity index (χ0v) is 13.2. The molecule has 0 amide bonds. The number of hydrogen-bond acceptors (Lipinski definition) is 1. The molecule has 3 heteroatoms. The van der Waals surface area contributed by atoms with Crippen molar-refractivity contribution in [3.8, 4) is 17.2 Å². The standard InChI is InChI=1S/C20H19F2N/c1-2-4-13-5-3-6-15-9-14(7-8-17(13)15)16-10-19(21)18(12-23)20(22)11-16/h7-11,13H,2-6H2,1H3. The van der Waals surface area contributed by atoms with Crippen LogP contribution in [-0.2, 0) is 6.42 Å². The largest absolute Gasteiger partial charge is 0.205 e. The van der Waals surface area contributed by atoms with Crippen LogP contribution in [-0.4, -0.2) is 0 Å². The van der Waals surface area contributed by atoms with Crippen LogP contribution in [0.1, 0.15) is 55.2 Å². The molecular weight excluding hydrogens is 292 g/mol. The third kappa shape index (κ3) is 2.99. The number of nitriles is 1. The molecule has 0 spiro atoms. The van der Waals surface area contributed by atoms with Gasteiger partial charge in [-0.3, -0.25) is 0 Å². The summed E-state index contributed by atoms with van der Waals surface area (Å²) in [5.74, 6) is -1.000. The van der Waals surface area contributed by atoms with E-state index in [-0.39, 0.29) is 0 Å². The Bertz CT molecular complexity index is 751. The normalized spacial score (nSPS) is 16.7. The number of fused-ring (bicyclic) bond motifs is 1. The molecule has 0 fully saturated rings. The maximum Gasteiger partial charge on any atom is 0.144 e. The van der Waals surface area contributed by atoms with Gasteiger partial charge in [-0.25, -0.2) is 8.78 Å². The van der Waals surface area contributed by atoms with Crippen molar-refractivity contribution in [2.45, 2.75) is 44.9 Å². The third-order valence-corrected chi connectivity index (χ3v) is 4.71. The summed E-state index contributed by atoms with van der Waals surface area (Å²) in [4.78, 5) is 0. The van der Waals surface area contributed by atoms with Crippen LogP contribution in [0.4, 0.5) is 8.78 Å². The monoisotopic (exact) mass is 311 g/mol. The van der Waals surface area contributed by atoms with Crippen molar-refractivity contribution in [3.63, 3.8) is 0 Å². The quantitative estimate of drug-likeness (QED) is 0.710. The first-order valence-electron chi connectivity index (χ1n) is 8.16. The van der Waals surface area contributed by atoms with Gasteiger partial charge in [0.05, 0.1) is 0 Å². The third-order valence-electron chi connectivity index (χ3n) is 4.71. The molecule has 0 bridgehead atoms. The molecule has 1 atom stereocenters. The molecule has 1 unspecified atom stereocenters. The van der Waals surface area contributed by atoms with Crippen molar-refractivity contribution in [3.05, 3.63) is 58.7 Å². The zero-order chi connectivity index (χ0) is 16.4. The van der Waals surface area contributed by atoms with E-state index in [9.17, 15) is 8.78 Å². The highest BCUT2D eigenvalue weighted by molar-refractivity contribution is 5.66. The van der Waals surface area contributed by atoms with Crippen LogP contribution in [0.2, 0.25) is 0 Å². The lowest BCUT2D eigenvalue weighted by molar-refractivity contribution is 0.515. The molecule has 1 aliphatic rings. The lowest BCUT2D eigenvalue weighted by atomic mass is 9.79. The van der Waals surface area contributed by atoms with Gasteiger partial charge < -0.3 is 0 Å². The van der Waals surface area contributed by atoms with Crippen LogP contribution in [0.25, 0.3) is 11.1 Å². The first-order valence-corrected chi connectivity index (χ1v) is 8.16. The van der Waals surface area contributed by atoms with Crippen LogP contribution in [0.15, 0.2) is 30.3 Å². The summed E-state index contributed by atoms with van der Waals surface area (Å²) in [6.07, 6.45) is 5.76. The van der Waals surface area contributed by atoms with Gasteiger partial charge in [0.2, 0.25) is 0 Å². The van der Waals surface area contributed by atoms with Gasteiger partial charge in [0, 0.05) is 0 Å². The van der Waals surface area contributed by atoms with Crippen molar-refractivity contribution in [1.82, 2.24) is 0 Å². The van der Waals surface area contributed by atoms with Crippen LogP contribution in [0, 0.1) is 23.0 Å². The number of hydrogen-bond donors (Lipinski definition) is 0.